The van der Waals surface area contributed by atoms with Crippen molar-refractivity contribution in [2.75, 3.05) is 18.4 Å². The molecule has 0 saturated heterocycles. The Morgan fingerprint density at radius 3 is 2.71 bits per heavy atom. The standard InChI is InChI=1S/C17H26N2O2/c1-4-19(12-17(2,3)21)16(20)18-15-11-7-9-13-8-5-6-10-14(13)15/h7,9,11,21H,4-6,8,10,12H2,1-3H3,(H,18,20). The minimum absolute atomic E-state index is 0.140. The van der Waals surface area contributed by atoms with Gasteiger partial charge in [0.1, 0.15) is 0 Å². The van der Waals surface area contributed by atoms with Crippen LogP contribution in [0.25, 0.3) is 0 Å². The molecule has 116 valence electrons. The van der Waals surface area contributed by atoms with Crippen LogP contribution in [0.15, 0.2) is 18.2 Å². The predicted molar refractivity (Wildman–Crippen MR) is 85.6 cm³/mol. The molecule has 2 amide bonds. The number of amides is 2. The summed E-state index contributed by atoms with van der Waals surface area (Å²) in [5.41, 5.74) is 2.66. The number of aliphatic hydroxyl groups is 1. The summed E-state index contributed by atoms with van der Waals surface area (Å²) in [6.07, 6.45) is 4.54. The predicted octanol–water partition coefficient (Wildman–Crippen LogP) is 3.19. The fraction of sp³-hybridized carbons (Fsp3) is 0.588. The summed E-state index contributed by atoms with van der Waals surface area (Å²) in [4.78, 5) is 14.1. The second-order valence-corrected chi connectivity index (χ2v) is 6.41. The number of carbonyl (C=O) groups excluding carboxylic acids is 1. The van der Waals surface area contributed by atoms with Gasteiger partial charge in [-0.1, -0.05) is 12.1 Å². The van der Waals surface area contributed by atoms with Crippen LogP contribution in [-0.2, 0) is 12.8 Å². The number of benzene rings is 1. The zero-order valence-corrected chi connectivity index (χ0v) is 13.3. The van der Waals surface area contributed by atoms with Gasteiger partial charge in [0.15, 0.2) is 0 Å². The molecule has 0 aliphatic heterocycles. The van der Waals surface area contributed by atoms with Crippen LogP contribution in [-0.4, -0.2) is 34.7 Å². The number of hydrogen-bond donors (Lipinski definition) is 2. The van der Waals surface area contributed by atoms with Crippen molar-refractivity contribution >= 4 is 11.7 Å². The number of urea groups is 1. The lowest BCUT2D eigenvalue weighted by atomic mass is 9.90. The van der Waals surface area contributed by atoms with Crippen LogP contribution in [0.4, 0.5) is 10.5 Å². The van der Waals surface area contributed by atoms with Crippen LogP contribution in [0.1, 0.15) is 44.7 Å². The van der Waals surface area contributed by atoms with Crippen LogP contribution < -0.4 is 5.32 Å². The second kappa shape index (κ2) is 6.48. The summed E-state index contributed by atoms with van der Waals surface area (Å²) in [5.74, 6) is 0. The average Bonchev–Trinajstić information content (AvgIpc) is 2.44. The number of carbonyl (C=O) groups is 1. The largest absolute Gasteiger partial charge is 0.389 e. The molecule has 4 heteroatoms. The molecule has 0 bridgehead atoms. The molecule has 0 spiro atoms. The zero-order chi connectivity index (χ0) is 15.5. The Morgan fingerprint density at radius 1 is 1.33 bits per heavy atom. The van der Waals surface area contributed by atoms with Crippen molar-refractivity contribution in [3.8, 4) is 0 Å². The van der Waals surface area contributed by atoms with Gasteiger partial charge in [0, 0.05) is 12.2 Å². The molecule has 0 radical (unpaired) electrons. The molecule has 2 rings (SSSR count). The molecule has 2 N–H and O–H groups in total. The van der Waals surface area contributed by atoms with Crippen LogP contribution in [0.2, 0.25) is 0 Å². The number of nitrogens with one attached hydrogen (secondary N) is 1. The van der Waals surface area contributed by atoms with E-state index in [1.165, 1.54) is 24.0 Å². The maximum Gasteiger partial charge on any atom is 0.321 e. The van der Waals surface area contributed by atoms with Crippen LogP contribution in [0.5, 0.6) is 0 Å². The molecular formula is C17H26N2O2. The van der Waals surface area contributed by atoms with E-state index in [2.05, 4.69) is 11.4 Å². The van der Waals surface area contributed by atoms with Gasteiger partial charge in [-0.25, -0.2) is 4.79 Å². The first-order chi connectivity index (χ1) is 9.90. The maximum absolute atomic E-state index is 12.4. The van der Waals surface area contributed by atoms with E-state index < -0.39 is 5.60 Å². The number of aryl methyl sites for hydroxylation is 1. The van der Waals surface area contributed by atoms with Gasteiger partial charge in [0.05, 0.1) is 12.1 Å². The molecule has 4 nitrogen and oxygen atoms in total. The molecule has 0 unspecified atom stereocenters. The van der Waals surface area contributed by atoms with E-state index in [0.717, 1.165) is 18.5 Å². The van der Waals surface area contributed by atoms with Crippen molar-refractivity contribution in [2.24, 2.45) is 0 Å². The Hall–Kier alpha value is -1.55. The van der Waals surface area contributed by atoms with Crippen molar-refractivity contribution in [3.63, 3.8) is 0 Å². The van der Waals surface area contributed by atoms with Crippen molar-refractivity contribution in [1.82, 2.24) is 4.90 Å². The van der Waals surface area contributed by atoms with E-state index in [1.807, 2.05) is 19.1 Å². The lowest BCUT2D eigenvalue weighted by molar-refractivity contribution is 0.0501. The first-order valence-corrected chi connectivity index (χ1v) is 7.80. The molecule has 21 heavy (non-hydrogen) atoms. The van der Waals surface area contributed by atoms with E-state index in [0.29, 0.717) is 13.1 Å². The molecule has 0 atom stereocenters. The van der Waals surface area contributed by atoms with Gasteiger partial charge in [-0.3, -0.25) is 0 Å². The molecule has 0 heterocycles. The van der Waals surface area contributed by atoms with Gasteiger partial charge in [0.2, 0.25) is 0 Å². The number of anilines is 1. The molecule has 1 aliphatic carbocycles. The number of nitrogens with zero attached hydrogens (tertiary/aromatic N) is 1. The van der Waals surface area contributed by atoms with Gasteiger partial charge in [-0.2, -0.15) is 0 Å². The smallest absolute Gasteiger partial charge is 0.321 e. The third-order valence-corrected chi connectivity index (χ3v) is 3.88. The fourth-order valence-corrected chi connectivity index (χ4v) is 2.89. The van der Waals surface area contributed by atoms with Crippen LogP contribution in [0.3, 0.4) is 0 Å². The molecule has 0 fully saturated rings. The molecule has 0 aromatic heterocycles. The van der Waals surface area contributed by atoms with Gasteiger partial charge in [-0.05, 0) is 63.6 Å². The molecule has 1 aromatic rings. The summed E-state index contributed by atoms with van der Waals surface area (Å²) in [6, 6.07) is 5.99. The summed E-state index contributed by atoms with van der Waals surface area (Å²) in [7, 11) is 0. The van der Waals surface area contributed by atoms with Gasteiger partial charge in [0.25, 0.3) is 0 Å². The van der Waals surface area contributed by atoms with E-state index >= 15 is 0 Å². The van der Waals surface area contributed by atoms with E-state index in [9.17, 15) is 9.90 Å². The number of likely N-dealkylation sites (N-methyl/N-ethyl adjacent to an activating group) is 1. The van der Waals surface area contributed by atoms with Gasteiger partial charge >= 0.3 is 6.03 Å². The Labute approximate surface area is 127 Å². The fourth-order valence-electron chi connectivity index (χ4n) is 2.89. The molecule has 1 aromatic carbocycles. The molecular weight excluding hydrogens is 264 g/mol. The van der Waals surface area contributed by atoms with Gasteiger partial charge < -0.3 is 15.3 Å². The monoisotopic (exact) mass is 290 g/mol. The first kappa shape index (κ1) is 15.8. The van der Waals surface area contributed by atoms with Gasteiger partial charge in [-0.15, -0.1) is 0 Å². The topological polar surface area (TPSA) is 52.6 Å². The highest BCUT2D eigenvalue weighted by atomic mass is 16.3. The second-order valence-electron chi connectivity index (χ2n) is 6.41. The van der Waals surface area contributed by atoms with Crippen molar-refractivity contribution in [3.05, 3.63) is 29.3 Å². The lowest BCUT2D eigenvalue weighted by Crippen LogP contribution is -2.44. The SMILES string of the molecule is CCN(CC(C)(C)O)C(=O)Nc1cccc2c1CCCC2. The summed E-state index contributed by atoms with van der Waals surface area (Å²) >= 11 is 0. The third-order valence-electron chi connectivity index (χ3n) is 3.88. The normalized spacial score (nSPS) is 14.5. The highest BCUT2D eigenvalue weighted by molar-refractivity contribution is 5.90. The number of fused-ring (bicyclic) bond motifs is 1. The summed E-state index contributed by atoms with van der Waals surface area (Å²) in [6.45, 7) is 6.25. The highest BCUT2D eigenvalue weighted by Crippen LogP contribution is 2.28. The first-order valence-electron chi connectivity index (χ1n) is 7.80. The summed E-state index contributed by atoms with van der Waals surface area (Å²) < 4.78 is 0. The number of rotatable bonds is 4. The van der Waals surface area contributed by atoms with E-state index in [-0.39, 0.29) is 6.03 Å². The number of hydrogen-bond acceptors (Lipinski definition) is 2. The van der Waals surface area contributed by atoms with Crippen molar-refractivity contribution in [2.45, 2.75) is 52.1 Å². The minimum Gasteiger partial charge on any atom is -0.389 e. The molecule has 1 aliphatic rings. The van der Waals surface area contributed by atoms with Crippen LogP contribution >= 0.6 is 0 Å². The zero-order valence-electron chi connectivity index (χ0n) is 13.3. The van der Waals surface area contributed by atoms with Crippen molar-refractivity contribution in [1.29, 1.82) is 0 Å². The van der Waals surface area contributed by atoms with Crippen molar-refractivity contribution < 1.29 is 9.90 Å². The highest BCUT2D eigenvalue weighted by Gasteiger charge is 2.22. The lowest BCUT2D eigenvalue weighted by Gasteiger charge is -2.29. The van der Waals surface area contributed by atoms with E-state index in [1.54, 1.807) is 18.7 Å². The molecule has 0 saturated carbocycles. The Kier molecular flexibility index (Phi) is 4.88. The Balaban J connectivity index is 2.12. The van der Waals surface area contributed by atoms with E-state index in [4.69, 9.17) is 0 Å². The third kappa shape index (κ3) is 4.21. The Bertz CT molecular complexity index is 506. The quantitative estimate of drug-likeness (QED) is 0.894. The Morgan fingerprint density at radius 2 is 2.05 bits per heavy atom. The average molecular weight is 290 g/mol. The van der Waals surface area contributed by atoms with Crippen LogP contribution in [0, 0.1) is 0 Å². The maximum atomic E-state index is 12.4. The minimum atomic E-state index is -0.885. The summed E-state index contributed by atoms with van der Waals surface area (Å²) in [5, 5.41) is 12.9.